The lowest BCUT2D eigenvalue weighted by Crippen LogP contribution is -2.54. The van der Waals surface area contributed by atoms with Gasteiger partial charge in [0.1, 0.15) is 5.57 Å². The van der Waals surface area contributed by atoms with Crippen molar-refractivity contribution in [3.63, 3.8) is 0 Å². The average molecular weight is 449 g/mol. The van der Waals surface area contributed by atoms with Crippen LogP contribution in [0.3, 0.4) is 0 Å². The number of hydrogen-bond donors (Lipinski definition) is 2. The highest BCUT2D eigenvalue weighted by molar-refractivity contribution is 6.40. The van der Waals surface area contributed by atoms with Crippen LogP contribution < -0.4 is 15.0 Å². The number of aliphatic carboxylic acids is 1. The normalized spacial score (nSPS) is 15.4. The van der Waals surface area contributed by atoms with Crippen molar-refractivity contribution in [2.45, 2.75) is 6.92 Å². The van der Waals surface area contributed by atoms with Gasteiger partial charge in [0.15, 0.2) is 12.4 Å². The van der Waals surface area contributed by atoms with Gasteiger partial charge in [-0.05, 0) is 42.8 Å². The van der Waals surface area contributed by atoms with E-state index in [0.717, 1.165) is 10.5 Å². The first-order chi connectivity index (χ1) is 14.2. The minimum absolute atomic E-state index is 0.00858. The van der Waals surface area contributed by atoms with Crippen LogP contribution in [-0.2, 0) is 14.4 Å². The molecule has 2 aromatic rings. The second-order valence-electron chi connectivity index (χ2n) is 6.29. The summed E-state index contributed by atoms with van der Waals surface area (Å²) in [6.07, 6.45) is 1.23. The first-order valence-corrected chi connectivity index (χ1v) is 9.24. The highest BCUT2D eigenvalue weighted by atomic mass is 35.5. The molecule has 0 spiro atoms. The molecule has 0 atom stereocenters. The van der Waals surface area contributed by atoms with Crippen LogP contribution in [0.5, 0.6) is 5.75 Å². The number of aryl methyl sites for hydroxylation is 1. The third-order valence-electron chi connectivity index (χ3n) is 4.07. The predicted molar refractivity (Wildman–Crippen MR) is 110 cm³/mol. The van der Waals surface area contributed by atoms with E-state index in [9.17, 15) is 19.2 Å². The summed E-state index contributed by atoms with van der Waals surface area (Å²) < 4.78 is 5.03. The van der Waals surface area contributed by atoms with Gasteiger partial charge in [0.05, 0.1) is 15.7 Å². The number of ether oxygens (including phenoxy) is 1. The Balaban J connectivity index is 1.96. The number of anilines is 1. The Bertz CT molecular complexity index is 1070. The maximum absolute atomic E-state index is 12.9. The molecule has 0 unspecified atom stereocenters. The Morgan fingerprint density at radius 3 is 2.30 bits per heavy atom. The summed E-state index contributed by atoms with van der Waals surface area (Å²) in [5.41, 5.74) is 1.21. The van der Waals surface area contributed by atoms with Crippen molar-refractivity contribution in [1.29, 1.82) is 0 Å². The number of benzene rings is 2. The molecule has 0 radical (unpaired) electrons. The van der Waals surface area contributed by atoms with Crippen LogP contribution in [0.1, 0.15) is 11.1 Å². The highest BCUT2D eigenvalue weighted by Crippen LogP contribution is 2.35. The van der Waals surface area contributed by atoms with Gasteiger partial charge in [0, 0.05) is 0 Å². The topological polar surface area (TPSA) is 113 Å². The lowest BCUT2D eigenvalue weighted by molar-refractivity contribution is -0.139. The summed E-state index contributed by atoms with van der Waals surface area (Å²) >= 11 is 12.2. The Kier molecular flexibility index (Phi) is 6.09. The number of hydrogen-bond acceptors (Lipinski definition) is 5. The smallest absolute Gasteiger partial charge is 0.341 e. The predicted octanol–water partition coefficient (Wildman–Crippen LogP) is 3.43. The molecular weight excluding hydrogens is 435 g/mol. The van der Waals surface area contributed by atoms with Crippen molar-refractivity contribution < 1.29 is 29.0 Å². The van der Waals surface area contributed by atoms with E-state index >= 15 is 0 Å². The minimum Gasteiger partial charge on any atom is -0.479 e. The first-order valence-electron chi connectivity index (χ1n) is 8.49. The van der Waals surface area contributed by atoms with E-state index in [0.29, 0.717) is 5.69 Å². The standard InChI is InChI=1S/C20H14Cl2N2O6/c1-10-2-4-12(5-3-10)24-19(28)13(18(27)23-20(24)29)6-11-7-14(21)17(15(22)8-11)30-9-16(25)26/h2-8H,9H2,1H3,(H,25,26)(H,23,27,29)/b13-6+. The minimum atomic E-state index is -1.21. The zero-order valence-electron chi connectivity index (χ0n) is 15.4. The summed E-state index contributed by atoms with van der Waals surface area (Å²) in [4.78, 5) is 48.9. The molecule has 1 aliphatic heterocycles. The van der Waals surface area contributed by atoms with Gasteiger partial charge in [-0.2, -0.15) is 0 Å². The van der Waals surface area contributed by atoms with Gasteiger partial charge in [-0.3, -0.25) is 14.9 Å². The second kappa shape index (κ2) is 8.56. The van der Waals surface area contributed by atoms with Crippen molar-refractivity contribution in [2.24, 2.45) is 0 Å². The fourth-order valence-corrected chi connectivity index (χ4v) is 3.30. The first kappa shape index (κ1) is 21.4. The molecule has 30 heavy (non-hydrogen) atoms. The van der Waals surface area contributed by atoms with E-state index in [1.54, 1.807) is 24.3 Å². The largest absolute Gasteiger partial charge is 0.479 e. The van der Waals surface area contributed by atoms with Crippen LogP contribution in [0.2, 0.25) is 10.0 Å². The van der Waals surface area contributed by atoms with E-state index in [1.807, 2.05) is 6.92 Å². The number of carbonyl (C=O) groups is 4. The average Bonchev–Trinajstić information content (AvgIpc) is 2.65. The van der Waals surface area contributed by atoms with E-state index in [2.05, 4.69) is 5.32 Å². The molecule has 8 nitrogen and oxygen atoms in total. The molecule has 0 aromatic heterocycles. The van der Waals surface area contributed by atoms with Gasteiger partial charge in [0.2, 0.25) is 0 Å². The van der Waals surface area contributed by atoms with Crippen LogP contribution >= 0.6 is 23.2 Å². The molecule has 0 saturated carbocycles. The molecule has 4 amide bonds. The molecule has 1 heterocycles. The fourth-order valence-electron chi connectivity index (χ4n) is 2.69. The molecule has 1 aliphatic rings. The number of nitrogens with one attached hydrogen (secondary N) is 1. The van der Waals surface area contributed by atoms with Gasteiger partial charge in [-0.1, -0.05) is 40.9 Å². The molecule has 0 bridgehead atoms. The lowest BCUT2D eigenvalue weighted by Gasteiger charge is -2.26. The zero-order chi connectivity index (χ0) is 22.0. The van der Waals surface area contributed by atoms with E-state index < -0.39 is 30.4 Å². The maximum Gasteiger partial charge on any atom is 0.341 e. The number of carboxylic acids is 1. The van der Waals surface area contributed by atoms with Gasteiger partial charge in [0.25, 0.3) is 11.8 Å². The van der Waals surface area contributed by atoms with Crippen molar-refractivity contribution in [3.8, 4) is 5.75 Å². The molecule has 154 valence electrons. The third kappa shape index (κ3) is 4.45. The maximum atomic E-state index is 12.9. The number of rotatable bonds is 5. The van der Waals surface area contributed by atoms with Gasteiger partial charge in [-0.15, -0.1) is 0 Å². The number of carboxylic acid groups (broad SMARTS) is 1. The van der Waals surface area contributed by atoms with E-state index in [4.69, 9.17) is 33.0 Å². The van der Waals surface area contributed by atoms with Crippen molar-refractivity contribution >= 4 is 58.8 Å². The van der Waals surface area contributed by atoms with Crippen LogP contribution in [0.25, 0.3) is 6.08 Å². The quantitative estimate of drug-likeness (QED) is 0.534. The van der Waals surface area contributed by atoms with Crippen LogP contribution in [0.15, 0.2) is 42.0 Å². The monoisotopic (exact) mass is 448 g/mol. The molecule has 2 aromatic carbocycles. The molecule has 1 saturated heterocycles. The van der Waals surface area contributed by atoms with Crippen LogP contribution in [-0.4, -0.2) is 35.5 Å². The number of amides is 4. The summed E-state index contributed by atoms with van der Waals surface area (Å²) in [5.74, 6) is -2.93. The molecule has 0 aliphatic carbocycles. The van der Waals surface area contributed by atoms with Crippen LogP contribution in [0.4, 0.5) is 10.5 Å². The Morgan fingerprint density at radius 1 is 1.13 bits per heavy atom. The molecular formula is C20H14Cl2N2O6. The number of nitrogens with zero attached hydrogens (tertiary/aromatic N) is 1. The molecule has 3 rings (SSSR count). The number of carbonyl (C=O) groups excluding carboxylic acids is 3. The van der Waals surface area contributed by atoms with Gasteiger partial charge in [-0.25, -0.2) is 14.5 Å². The summed E-state index contributed by atoms with van der Waals surface area (Å²) in [6, 6.07) is 8.47. The Hall–Kier alpha value is -3.36. The number of imide groups is 2. The van der Waals surface area contributed by atoms with E-state index in [1.165, 1.54) is 18.2 Å². The molecule has 1 fully saturated rings. The fraction of sp³-hybridized carbons (Fsp3) is 0.100. The number of barbiturate groups is 1. The van der Waals surface area contributed by atoms with Crippen molar-refractivity contribution in [1.82, 2.24) is 5.32 Å². The number of halogens is 2. The Labute approximate surface area is 180 Å². The van der Waals surface area contributed by atoms with E-state index in [-0.39, 0.29) is 26.9 Å². The Morgan fingerprint density at radius 2 is 1.73 bits per heavy atom. The van der Waals surface area contributed by atoms with Crippen molar-refractivity contribution in [2.75, 3.05) is 11.5 Å². The van der Waals surface area contributed by atoms with Gasteiger partial charge < -0.3 is 9.84 Å². The SMILES string of the molecule is Cc1ccc(N2C(=O)NC(=O)/C(=C\c3cc(Cl)c(OCC(=O)O)c(Cl)c3)C2=O)cc1. The molecule has 10 heteroatoms. The van der Waals surface area contributed by atoms with Crippen LogP contribution in [0, 0.1) is 6.92 Å². The third-order valence-corrected chi connectivity index (χ3v) is 4.63. The van der Waals surface area contributed by atoms with Crippen molar-refractivity contribution in [3.05, 3.63) is 63.1 Å². The summed E-state index contributed by atoms with van der Waals surface area (Å²) in [6.45, 7) is 1.21. The van der Waals surface area contributed by atoms with Gasteiger partial charge >= 0.3 is 12.0 Å². The zero-order valence-corrected chi connectivity index (χ0v) is 17.0. The second-order valence-corrected chi connectivity index (χ2v) is 7.10. The number of urea groups is 1. The summed E-state index contributed by atoms with van der Waals surface area (Å²) in [5, 5.41) is 10.8. The summed E-state index contributed by atoms with van der Waals surface area (Å²) in [7, 11) is 0. The molecule has 2 N–H and O–H groups in total. The highest BCUT2D eigenvalue weighted by Gasteiger charge is 2.36. The lowest BCUT2D eigenvalue weighted by atomic mass is 10.1.